The Bertz CT molecular complexity index is 851. The molecule has 0 bridgehead atoms. The second kappa shape index (κ2) is 9.31. The second-order valence-electron chi connectivity index (χ2n) is 7.65. The summed E-state index contributed by atoms with van der Waals surface area (Å²) in [6.45, 7) is 5.57. The molecule has 1 aliphatic rings. The molecule has 0 aliphatic carbocycles. The minimum absolute atomic E-state index is 0.0324. The van der Waals surface area contributed by atoms with Crippen LogP contribution in [0.25, 0.3) is 0 Å². The monoisotopic (exact) mass is 416 g/mol. The lowest BCUT2D eigenvalue weighted by Crippen LogP contribution is -2.37. The van der Waals surface area contributed by atoms with E-state index in [1.165, 1.54) is 11.3 Å². The van der Waals surface area contributed by atoms with Crippen molar-refractivity contribution in [3.8, 4) is 11.5 Å². The molecule has 0 spiro atoms. The maximum atomic E-state index is 13.0. The van der Waals surface area contributed by atoms with Crippen LogP contribution in [0.5, 0.6) is 11.5 Å². The van der Waals surface area contributed by atoms with E-state index < -0.39 is 0 Å². The van der Waals surface area contributed by atoms with Crippen LogP contribution in [-0.4, -0.2) is 50.6 Å². The van der Waals surface area contributed by atoms with E-state index in [0.717, 1.165) is 5.56 Å². The highest BCUT2D eigenvalue weighted by Crippen LogP contribution is 2.40. The van der Waals surface area contributed by atoms with E-state index in [2.05, 4.69) is 19.2 Å². The molecule has 6 nitrogen and oxygen atoms in total. The zero-order chi connectivity index (χ0) is 21.0. The van der Waals surface area contributed by atoms with Crippen LogP contribution in [-0.2, 0) is 4.79 Å². The van der Waals surface area contributed by atoms with E-state index in [0.29, 0.717) is 41.9 Å². The number of methoxy groups -OCH3 is 2. The molecule has 0 unspecified atom stereocenters. The Labute approximate surface area is 175 Å². The third kappa shape index (κ3) is 4.72. The highest BCUT2D eigenvalue weighted by atomic mass is 32.1. The summed E-state index contributed by atoms with van der Waals surface area (Å²) in [4.78, 5) is 28.4. The number of thiophene rings is 1. The third-order valence-corrected chi connectivity index (χ3v) is 6.05. The number of rotatable bonds is 7. The van der Waals surface area contributed by atoms with Crippen LogP contribution >= 0.6 is 11.3 Å². The lowest BCUT2D eigenvalue weighted by molar-refractivity contribution is -0.125. The highest BCUT2D eigenvalue weighted by molar-refractivity contribution is 7.12. The van der Waals surface area contributed by atoms with E-state index in [9.17, 15) is 9.59 Å². The van der Waals surface area contributed by atoms with Crippen LogP contribution in [0.4, 0.5) is 0 Å². The minimum Gasteiger partial charge on any atom is -0.497 e. The fourth-order valence-electron chi connectivity index (χ4n) is 3.67. The van der Waals surface area contributed by atoms with Crippen molar-refractivity contribution >= 4 is 23.2 Å². The van der Waals surface area contributed by atoms with Crippen LogP contribution in [0.15, 0.2) is 35.7 Å². The zero-order valence-electron chi connectivity index (χ0n) is 17.3. The van der Waals surface area contributed by atoms with Gasteiger partial charge in [0, 0.05) is 31.1 Å². The Hall–Kier alpha value is -2.54. The fourth-order valence-corrected chi connectivity index (χ4v) is 4.36. The van der Waals surface area contributed by atoms with Gasteiger partial charge in [-0.2, -0.15) is 0 Å². The first-order valence-electron chi connectivity index (χ1n) is 9.77. The Balaban J connectivity index is 1.92. The number of amides is 2. The van der Waals surface area contributed by atoms with Gasteiger partial charge in [0.2, 0.25) is 5.91 Å². The average Bonchev–Trinajstić information content (AvgIpc) is 3.41. The Kier molecular flexibility index (Phi) is 6.79. The summed E-state index contributed by atoms with van der Waals surface area (Å²) in [6.07, 6.45) is 0. The lowest BCUT2D eigenvalue weighted by Gasteiger charge is -2.21. The van der Waals surface area contributed by atoms with E-state index in [1.807, 2.05) is 35.7 Å². The molecule has 0 radical (unpaired) electrons. The zero-order valence-corrected chi connectivity index (χ0v) is 18.1. The van der Waals surface area contributed by atoms with Crippen molar-refractivity contribution in [3.63, 3.8) is 0 Å². The third-order valence-electron chi connectivity index (χ3n) is 5.20. The minimum atomic E-state index is -0.348. The van der Waals surface area contributed by atoms with Crippen molar-refractivity contribution in [2.45, 2.75) is 19.8 Å². The van der Waals surface area contributed by atoms with Gasteiger partial charge in [-0.3, -0.25) is 9.59 Å². The summed E-state index contributed by atoms with van der Waals surface area (Å²) < 4.78 is 10.9. The number of hydrogen-bond donors (Lipinski definition) is 1. The van der Waals surface area contributed by atoms with Gasteiger partial charge in [0.1, 0.15) is 11.5 Å². The van der Waals surface area contributed by atoms with Crippen molar-refractivity contribution < 1.29 is 19.1 Å². The number of likely N-dealkylation sites (tertiary alicyclic amines) is 1. The van der Waals surface area contributed by atoms with Crippen molar-refractivity contribution in [1.82, 2.24) is 10.2 Å². The molecule has 1 saturated heterocycles. The SMILES string of the molecule is COc1ccc(OC)c([C@@H]2CN(C(=O)c3cccs3)C[C@@H]2C(=O)NCC(C)C)c1. The van der Waals surface area contributed by atoms with E-state index in [1.54, 1.807) is 19.1 Å². The van der Waals surface area contributed by atoms with Gasteiger partial charge in [-0.15, -0.1) is 11.3 Å². The molecule has 2 amide bonds. The van der Waals surface area contributed by atoms with Crippen LogP contribution < -0.4 is 14.8 Å². The number of nitrogens with zero attached hydrogens (tertiary/aromatic N) is 1. The molecule has 156 valence electrons. The molecule has 1 aromatic heterocycles. The number of benzene rings is 1. The molecule has 0 saturated carbocycles. The molecule has 1 N–H and O–H groups in total. The van der Waals surface area contributed by atoms with Gasteiger partial charge in [0.05, 0.1) is 25.0 Å². The lowest BCUT2D eigenvalue weighted by atomic mass is 9.87. The number of nitrogens with one attached hydrogen (secondary N) is 1. The number of hydrogen-bond acceptors (Lipinski definition) is 5. The van der Waals surface area contributed by atoms with Crippen LogP contribution in [0.2, 0.25) is 0 Å². The molecular formula is C22H28N2O4S. The summed E-state index contributed by atoms with van der Waals surface area (Å²) in [6, 6.07) is 9.27. The molecule has 1 aromatic carbocycles. The summed E-state index contributed by atoms with van der Waals surface area (Å²) >= 11 is 1.42. The van der Waals surface area contributed by atoms with Crippen molar-refractivity contribution in [1.29, 1.82) is 0 Å². The van der Waals surface area contributed by atoms with Crippen LogP contribution in [0.3, 0.4) is 0 Å². The normalized spacial score (nSPS) is 18.7. The molecule has 1 fully saturated rings. The number of ether oxygens (including phenoxy) is 2. The summed E-state index contributed by atoms with van der Waals surface area (Å²) in [5.41, 5.74) is 0.887. The number of carbonyl (C=O) groups is 2. The second-order valence-corrected chi connectivity index (χ2v) is 8.59. The van der Waals surface area contributed by atoms with Crippen LogP contribution in [0.1, 0.15) is 35.0 Å². The standard InChI is InChI=1S/C22H28N2O4S/c1-14(2)11-23-21(25)18-13-24(22(26)20-6-5-9-29-20)12-17(18)16-10-15(27-3)7-8-19(16)28-4/h5-10,14,17-18H,11-13H2,1-4H3,(H,23,25)/t17-,18-/m0/s1. The maximum absolute atomic E-state index is 13.0. The van der Waals surface area contributed by atoms with Gasteiger partial charge >= 0.3 is 0 Å². The Morgan fingerprint density at radius 1 is 1.21 bits per heavy atom. The molecule has 2 atom stereocenters. The molecular weight excluding hydrogens is 388 g/mol. The molecule has 3 rings (SSSR count). The van der Waals surface area contributed by atoms with E-state index >= 15 is 0 Å². The summed E-state index contributed by atoms with van der Waals surface area (Å²) in [5, 5.41) is 4.93. The van der Waals surface area contributed by atoms with Gasteiger partial charge in [0.15, 0.2) is 0 Å². The predicted octanol–water partition coefficient (Wildman–Crippen LogP) is 3.39. The molecule has 7 heteroatoms. The Morgan fingerprint density at radius 3 is 2.62 bits per heavy atom. The van der Waals surface area contributed by atoms with Gasteiger partial charge in [-0.1, -0.05) is 19.9 Å². The van der Waals surface area contributed by atoms with Gasteiger partial charge in [0.25, 0.3) is 5.91 Å². The average molecular weight is 417 g/mol. The first-order valence-corrected chi connectivity index (χ1v) is 10.6. The first kappa shape index (κ1) is 21.2. The largest absolute Gasteiger partial charge is 0.497 e. The quantitative estimate of drug-likeness (QED) is 0.751. The fraction of sp³-hybridized carbons (Fsp3) is 0.455. The molecule has 1 aliphatic heterocycles. The highest BCUT2D eigenvalue weighted by Gasteiger charge is 2.42. The van der Waals surface area contributed by atoms with Gasteiger partial charge in [-0.05, 0) is 35.6 Å². The van der Waals surface area contributed by atoms with Gasteiger partial charge in [-0.25, -0.2) is 0 Å². The molecule has 29 heavy (non-hydrogen) atoms. The predicted molar refractivity (Wildman–Crippen MR) is 114 cm³/mol. The summed E-state index contributed by atoms with van der Waals surface area (Å²) in [5.74, 6) is 1.16. The topological polar surface area (TPSA) is 67.9 Å². The number of carbonyl (C=O) groups excluding carboxylic acids is 2. The smallest absolute Gasteiger partial charge is 0.263 e. The van der Waals surface area contributed by atoms with Crippen molar-refractivity contribution in [2.75, 3.05) is 33.9 Å². The van der Waals surface area contributed by atoms with Gasteiger partial charge < -0.3 is 19.7 Å². The van der Waals surface area contributed by atoms with Crippen molar-refractivity contribution in [3.05, 3.63) is 46.2 Å². The van der Waals surface area contributed by atoms with Crippen molar-refractivity contribution in [2.24, 2.45) is 11.8 Å². The molecule has 2 aromatic rings. The summed E-state index contributed by atoms with van der Waals surface area (Å²) in [7, 11) is 3.22. The van der Waals surface area contributed by atoms with E-state index in [-0.39, 0.29) is 23.7 Å². The first-order chi connectivity index (χ1) is 13.9. The van der Waals surface area contributed by atoms with E-state index in [4.69, 9.17) is 9.47 Å². The van der Waals surface area contributed by atoms with Crippen LogP contribution in [0, 0.1) is 11.8 Å². The maximum Gasteiger partial charge on any atom is 0.263 e. The Morgan fingerprint density at radius 2 is 2.00 bits per heavy atom. The molecule has 2 heterocycles.